The first kappa shape index (κ1) is 7.72. The molecule has 0 aliphatic carbocycles. The molecule has 2 nitrogen and oxygen atoms in total. The third-order valence-corrected chi connectivity index (χ3v) is 1.52. The molecule has 0 aromatic heterocycles. The molecule has 3 heteroatoms. The van der Waals surface area contributed by atoms with E-state index in [0.717, 1.165) is 5.56 Å². The zero-order valence-corrected chi connectivity index (χ0v) is 6.87. The van der Waals surface area contributed by atoms with Crippen LogP contribution in [0, 0.1) is 15.5 Å². The summed E-state index contributed by atoms with van der Waals surface area (Å²) >= 11 is -0.692. The van der Waals surface area contributed by atoms with E-state index in [9.17, 15) is 4.20 Å². The first-order chi connectivity index (χ1) is 4.93. The molecule has 0 bridgehead atoms. The van der Waals surface area contributed by atoms with Gasteiger partial charge in [0, 0.05) is 0 Å². The lowest BCUT2D eigenvalue weighted by molar-refractivity contribution is -1.27. The number of hydrogen-bond donors (Lipinski definition) is 0. The van der Waals surface area contributed by atoms with Crippen molar-refractivity contribution in [1.29, 1.82) is 0 Å². The fourth-order valence-corrected chi connectivity index (χ4v) is 1.02. The number of hydrogen-bond acceptors (Lipinski definition) is 2. The van der Waals surface area contributed by atoms with Crippen LogP contribution in [0.25, 0.3) is 0 Å². The predicted octanol–water partition coefficient (Wildman–Crippen LogP) is 0.478. The quantitative estimate of drug-likeness (QED) is 0.715. The number of halogens is 1. The largest absolute Gasteiger partial charge is 0.550 e. The molecule has 10 heavy (non-hydrogen) atoms. The lowest BCUT2D eigenvalue weighted by Gasteiger charge is -1.91. The van der Waals surface area contributed by atoms with E-state index in [-0.39, 0.29) is 0 Å². The Labute approximate surface area is 66.6 Å². The summed E-state index contributed by atoms with van der Waals surface area (Å²) in [6, 6.07) is 9.64. The fourth-order valence-electron chi connectivity index (χ4n) is 0.660. The minimum atomic E-state index is -0.692. The smallest absolute Gasteiger partial charge is 0.420 e. The van der Waals surface area contributed by atoms with Gasteiger partial charge in [0.25, 0.3) is 0 Å². The van der Waals surface area contributed by atoms with E-state index in [1.807, 2.05) is 30.3 Å². The van der Waals surface area contributed by atoms with Crippen molar-refractivity contribution in [1.82, 2.24) is 0 Å². The SMILES string of the molecule is [O-][Br+]OCc1ccccc1. The summed E-state index contributed by atoms with van der Waals surface area (Å²) < 4.78 is 14.6. The molecular formula is C7H7BrO2. The van der Waals surface area contributed by atoms with Gasteiger partial charge in [0.1, 0.15) is 6.61 Å². The van der Waals surface area contributed by atoms with Gasteiger partial charge in [-0.25, -0.2) is 0 Å². The minimum Gasteiger partial charge on any atom is -0.550 e. The van der Waals surface area contributed by atoms with E-state index in [4.69, 9.17) is 3.83 Å². The summed E-state index contributed by atoms with van der Waals surface area (Å²) in [4.78, 5) is 0. The van der Waals surface area contributed by atoms with Gasteiger partial charge >= 0.3 is 15.5 Å². The highest BCUT2D eigenvalue weighted by Gasteiger charge is 1.94. The number of benzene rings is 1. The second kappa shape index (κ2) is 4.44. The van der Waals surface area contributed by atoms with Crippen molar-refractivity contribution >= 4 is 0 Å². The van der Waals surface area contributed by atoms with Crippen molar-refractivity contribution in [3.8, 4) is 0 Å². The van der Waals surface area contributed by atoms with Crippen molar-refractivity contribution in [2.24, 2.45) is 0 Å². The maximum atomic E-state index is 9.91. The summed E-state index contributed by atoms with van der Waals surface area (Å²) in [6.07, 6.45) is 0. The summed E-state index contributed by atoms with van der Waals surface area (Å²) in [6.45, 7) is 0.435. The molecule has 0 radical (unpaired) electrons. The van der Waals surface area contributed by atoms with Crippen LogP contribution in [-0.4, -0.2) is 0 Å². The van der Waals surface area contributed by atoms with Crippen molar-refractivity contribution in [3.63, 3.8) is 0 Å². The molecule has 0 saturated carbocycles. The summed E-state index contributed by atoms with van der Waals surface area (Å²) in [5.74, 6) is 0. The Morgan fingerprint density at radius 2 is 2.00 bits per heavy atom. The Balaban J connectivity index is 2.43. The van der Waals surface area contributed by atoms with Gasteiger partial charge in [-0.15, -0.1) is 3.83 Å². The Kier molecular flexibility index (Phi) is 3.43. The lowest BCUT2D eigenvalue weighted by Crippen LogP contribution is -2.03. The molecule has 0 N–H and O–H groups in total. The zero-order chi connectivity index (χ0) is 7.23. The lowest BCUT2D eigenvalue weighted by atomic mass is 10.2. The molecule has 1 aromatic rings. The van der Waals surface area contributed by atoms with E-state index in [2.05, 4.69) is 0 Å². The van der Waals surface area contributed by atoms with Crippen LogP contribution in [0.3, 0.4) is 0 Å². The zero-order valence-electron chi connectivity index (χ0n) is 5.29. The van der Waals surface area contributed by atoms with Crippen molar-refractivity contribution in [2.75, 3.05) is 0 Å². The average Bonchev–Trinajstić information content (AvgIpc) is 2.03. The molecule has 0 aliphatic heterocycles. The molecule has 0 heterocycles. The molecule has 0 aliphatic rings. The van der Waals surface area contributed by atoms with Crippen LogP contribution in [0.2, 0.25) is 0 Å². The third kappa shape index (κ3) is 2.47. The van der Waals surface area contributed by atoms with Crippen molar-refractivity contribution in [2.45, 2.75) is 6.61 Å². The van der Waals surface area contributed by atoms with E-state index in [1.54, 1.807) is 0 Å². The van der Waals surface area contributed by atoms with Crippen LogP contribution in [0.4, 0.5) is 0 Å². The first-order valence-corrected chi connectivity index (χ1v) is 4.16. The van der Waals surface area contributed by atoms with Gasteiger partial charge in [-0.3, -0.25) is 0 Å². The van der Waals surface area contributed by atoms with Gasteiger partial charge in [0.05, 0.1) is 0 Å². The molecule has 0 unspecified atom stereocenters. The van der Waals surface area contributed by atoms with Crippen LogP contribution < -0.4 is 4.20 Å². The highest BCUT2D eigenvalue weighted by molar-refractivity contribution is 5.13. The van der Waals surface area contributed by atoms with E-state index in [1.165, 1.54) is 0 Å². The Bertz CT molecular complexity index is 176. The van der Waals surface area contributed by atoms with E-state index < -0.39 is 15.5 Å². The molecule has 1 rings (SSSR count). The fraction of sp³-hybridized carbons (Fsp3) is 0.143. The molecule has 0 atom stereocenters. The molecule has 0 spiro atoms. The highest BCUT2D eigenvalue weighted by atomic mass is 79.9. The molecule has 54 valence electrons. The molecule has 0 amide bonds. The Morgan fingerprint density at radius 1 is 1.30 bits per heavy atom. The van der Waals surface area contributed by atoms with Gasteiger partial charge in [0.2, 0.25) is 0 Å². The van der Waals surface area contributed by atoms with Gasteiger partial charge in [0.15, 0.2) is 0 Å². The molecular weight excluding hydrogens is 196 g/mol. The van der Waals surface area contributed by atoms with Crippen molar-refractivity contribution in [3.05, 3.63) is 35.9 Å². The maximum Gasteiger partial charge on any atom is 0.420 e. The summed E-state index contributed by atoms with van der Waals surface area (Å²) in [5, 5.41) is 0. The van der Waals surface area contributed by atoms with E-state index >= 15 is 0 Å². The van der Waals surface area contributed by atoms with Gasteiger partial charge in [-0.1, -0.05) is 30.3 Å². The van der Waals surface area contributed by atoms with E-state index in [0.29, 0.717) is 6.61 Å². The molecule has 0 fully saturated rings. The van der Waals surface area contributed by atoms with Gasteiger partial charge in [-0.05, 0) is 5.56 Å². The van der Waals surface area contributed by atoms with Crippen LogP contribution >= 0.6 is 0 Å². The topological polar surface area (TPSA) is 32.3 Å². The van der Waals surface area contributed by atoms with Gasteiger partial charge in [-0.2, -0.15) is 0 Å². The van der Waals surface area contributed by atoms with Crippen LogP contribution in [-0.2, 0) is 10.4 Å². The number of rotatable bonds is 3. The summed E-state index contributed by atoms with van der Waals surface area (Å²) in [5.41, 5.74) is 1.05. The highest BCUT2D eigenvalue weighted by Crippen LogP contribution is 1.99. The Hall–Kier alpha value is -0.380. The Morgan fingerprint density at radius 3 is 2.60 bits per heavy atom. The van der Waals surface area contributed by atoms with Crippen LogP contribution in [0.5, 0.6) is 0 Å². The average molecular weight is 203 g/mol. The van der Waals surface area contributed by atoms with Gasteiger partial charge < -0.3 is 4.20 Å². The van der Waals surface area contributed by atoms with Crippen LogP contribution in [0.1, 0.15) is 5.56 Å². The second-order valence-electron chi connectivity index (χ2n) is 1.80. The normalized spacial score (nSPS) is 9.70. The minimum absolute atomic E-state index is 0.435. The molecule has 1 aromatic carbocycles. The monoisotopic (exact) mass is 202 g/mol. The maximum absolute atomic E-state index is 9.91. The summed E-state index contributed by atoms with van der Waals surface area (Å²) in [7, 11) is 0. The second-order valence-corrected chi connectivity index (χ2v) is 2.52. The third-order valence-electron chi connectivity index (χ3n) is 1.11. The predicted molar refractivity (Wildman–Crippen MR) is 31.2 cm³/mol. The molecule has 0 saturated heterocycles. The standard InChI is InChI=1S/C7H7BrO2/c9-8-10-6-7-4-2-1-3-5-7/h1-5H,6H2. The van der Waals surface area contributed by atoms with Crippen molar-refractivity contribution < 1.29 is 23.6 Å². The van der Waals surface area contributed by atoms with Crippen LogP contribution in [0.15, 0.2) is 30.3 Å². The first-order valence-electron chi connectivity index (χ1n) is 2.86.